The molecule has 0 saturated heterocycles. The summed E-state index contributed by atoms with van der Waals surface area (Å²) >= 11 is 12.1. The SMILES string of the molecule is COc1c(Cl)cc(C(=O)N[C@@H]2CCCC[C@@H]2C)cc1Cl. The van der Waals surface area contributed by atoms with E-state index >= 15 is 0 Å². The first kappa shape index (κ1) is 15.5. The number of benzene rings is 1. The zero-order valence-corrected chi connectivity index (χ0v) is 13.2. The van der Waals surface area contributed by atoms with Gasteiger partial charge in [-0.25, -0.2) is 0 Å². The molecule has 2 rings (SSSR count). The van der Waals surface area contributed by atoms with Gasteiger partial charge >= 0.3 is 0 Å². The summed E-state index contributed by atoms with van der Waals surface area (Å²) in [6.45, 7) is 2.18. The molecule has 0 aliphatic heterocycles. The van der Waals surface area contributed by atoms with Crippen LogP contribution in [-0.4, -0.2) is 19.1 Å². The van der Waals surface area contributed by atoms with Gasteiger partial charge < -0.3 is 10.1 Å². The molecule has 0 aromatic heterocycles. The molecule has 5 heteroatoms. The minimum atomic E-state index is -0.129. The fraction of sp³-hybridized carbons (Fsp3) is 0.533. The van der Waals surface area contributed by atoms with Gasteiger partial charge in [0, 0.05) is 11.6 Å². The Kier molecular flexibility index (Phi) is 5.17. The van der Waals surface area contributed by atoms with Gasteiger partial charge in [0.05, 0.1) is 17.2 Å². The second kappa shape index (κ2) is 6.68. The lowest BCUT2D eigenvalue weighted by molar-refractivity contribution is 0.0910. The second-order valence-electron chi connectivity index (χ2n) is 5.31. The van der Waals surface area contributed by atoms with E-state index in [-0.39, 0.29) is 11.9 Å². The maximum Gasteiger partial charge on any atom is 0.251 e. The number of halogens is 2. The summed E-state index contributed by atoms with van der Waals surface area (Å²) in [5.41, 5.74) is 0.471. The molecule has 110 valence electrons. The number of nitrogens with one attached hydrogen (secondary N) is 1. The van der Waals surface area contributed by atoms with Crippen LogP contribution in [-0.2, 0) is 0 Å². The Bertz CT molecular complexity index is 482. The zero-order chi connectivity index (χ0) is 14.7. The Balaban J connectivity index is 2.13. The van der Waals surface area contributed by atoms with Gasteiger partial charge in [0.2, 0.25) is 0 Å². The second-order valence-corrected chi connectivity index (χ2v) is 6.13. The number of carbonyl (C=O) groups is 1. The molecule has 0 radical (unpaired) electrons. The zero-order valence-electron chi connectivity index (χ0n) is 11.7. The van der Waals surface area contributed by atoms with Crippen molar-refractivity contribution in [3.05, 3.63) is 27.7 Å². The average molecular weight is 316 g/mol. The van der Waals surface area contributed by atoms with Gasteiger partial charge in [-0.15, -0.1) is 0 Å². The van der Waals surface area contributed by atoms with Crippen molar-refractivity contribution in [2.24, 2.45) is 5.92 Å². The highest BCUT2D eigenvalue weighted by Crippen LogP contribution is 2.34. The molecule has 1 amide bonds. The molecule has 1 aliphatic rings. The lowest BCUT2D eigenvalue weighted by Crippen LogP contribution is -2.41. The molecule has 0 bridgehead atoms. The molecule has 1 N–H and O–H groups in total. The third-order valence-electron chi connectivity index (χ3n) is 3.89. The first-order valence-electron chi connectivity index (χ1n) is 6.87. The van der Waals surface area contributed by atoms with Gasteiger partial charge in [-0.1, -0.05) is 43.0 Å². The van der Waals surface area contributed by atoms with E-state index in [1.54, 1.807) is 12.1 Å². The van der Waals surface area contributed by atoms with Gasteiger partial charge in [0.25, 0.3) is 5.91 Å². The van der Waals surface area contributed by atoms with Crippen LogP contribution < -0.4 is 10.1 Å². The monoisotopic (exact) mass is 315 g/mol. The molecule has 0 heterocycles. The Morgan fingerprint density at radius 3 is 2.40 bits per heavy atom. The lowest BCUT2D eigenvalue weighted by atomic mass is 9.86. The van der Waals surface area contributed by atoms with E-state index in [0.717, 1.165) is 12.8 Å². The minimum Gasteiger partial charge on any atom is -0.494 e. The summed E-state index contributed by atoms with van der Waals surface area (Å²) in [6, 6.07) is 3.42. The lowest BCUT2D eigenvalue weighted by Gasteiger charge is -2.29. The highest BCUT2D eigenvalue weighted by molar-refractivity contribution is 6.37. The molecule has 3 nitrogen and oxygen atoms in total. The number of methoxy groups -OCH3 is 1. The van der Waals surface area contributed by atoms with Crippen LogP contribution >= 0.6 is 23.2 Å². The molecule has 0 spiro atoms. The van der Waals surface area contributed by atoms with Crippen molar-refractivity contribution in [3.8, 4) is 5.75 Å². The fourth-order valence-electron chi connectivity index (χ4n) is 2.67. The van der Waals surface area contributed by atoms with E-state index in [0.29, 0.717) is 27.3 Å². The third kappa shape index (κ3) is 3.39. The average Bonchev–Trinajstić information content (AvgIpc) is 2.41. The van der Waals surface area contributed by atoms with Crippen molar-refractivity contribution in [2.75, 3.05) is 7.11 Å². The van der Waals surface area contributed by atoms with E-state index in [1.807, 2.05) is 0 Å². The summed E-state index contributed by atoms with van der Waals surface area (Å²) in [5, 5.41) is 3.78. The van der Waals surface area contributed by atoms with Gasteiger partial charge in [0.15, 0.2) is 5.75 Å². The predicted molar refractivity (Wildman–Crippen MR) is 81.9 cm³/mol. The standard InChI is InChI=1S/C15H19Cl2NO2/c1-9-5-3-4-6-13(9)18-15(19)10-7-11(16)14(20-2)12(17)8-10/h7-9,13H,3-6H2,1-2H3,(H,18,19)/t9-,13+/m0/s1. The number of carbonyl (C=O) groups excluding carboxylic acids is 1. The highest BCUT2D eigenvalue weighted by Gasteiger charge is 2.24. The quantitative estimate of drug-likeness (QED) is 0.902. The number of hydrogen-bond acceptors (Lipinski definition) is 2. The predicted octanol–water partition coefficient (Wildman–Crippen LogP) is 4.31. The first-order chi connectivity index (χ1) is 9.52. The maximum atomic E-state index is 12.3. The summed E-state index contributed by atoms with van der Waals surface area (Å²) in [4.78, 5) is 12.3. The van der Waals surface area contributed by atoms with Gasteiger partial charge in [-0.3, -0.25) is 4.79 Å². The number of amides is 1. The van der Waals surface area contributed by atoms with Gasteiger partial charge in [0.1, 0.15) is 0 Å². The number of rotatable bonds is 3. The van der Waals surface area contributed by atoms with Crippen LogP contribution in [0.25, 0.3) is 0 Å². The topological polar surface area (TPSA) is 38.3 Å². The van der Waals surface area contributed by atoms with Crippen LogP contribution in [0.3, 0.4) is 0 Å². The van der Waals surface area contributed by atoms with Crippen LogP contribution in [0.2, 0.25) is 10.0 Å². The Hall–Kier alpha value is -0.930. The van der Waals surface area contributed by atoms with E-state index < -0.39 is 0 Å². The van der Waals surface area contributed by atoms with Crippen LogP contribution in [0.5, 0.6) is 5.75 Å². The van der Waals surface area contributed by atoms with Crippen molar-refractivity contribution in [1.82, 2.24) is 5.32 Å². The largest absolute Gasteiger partial charge is 0.494 e. The van der Waals surface area contributed by atoms with Gasteiger partial charge in [-0.2, -0.15) is 0 Å². The molecule has 1 aromatic carbocycles. The van der Waals surface area contributed by atoms with Crippen LogP contribution in [0.15, 0.2) is 12.1 Å². The van der Waals surface area contributed by atoms with Crippen LogP contribution in [0, 0.1) is 5.92 Å². The number of hydrogen-bond donors (Lipinski definition) is 1. The smallest absolute Gasteiger partial charge is 0.251 e. The van der Waals surface area contributed by atoms with Crippen molar-refractivity contribution >= 4 is 29.1 Å². The van der Waals surface area contributed by atoms with Crippen molar-refractivity contribution in [3.63, 3.8) is 0 Å². The van der Waals surface area contributed by atoms with Crippen molar-refractivity contribution < 1.29 is 9.53 Å². The normalized spacial score (nSPS) is 22.4. The molecular weight excluding hydrogens is 297 g/mol. The van der Waals surface area contributed by atoms with E-state index in [1.165, 1.54) is 20.0 Å². The minimum absolute atomic E-state index is 0.129. The first-order valence-corrected chi connectivity index (χ1v) is 7.62. The molecule has 20 heavy (non-hydrogen) atoms. The number of ether oxygens (including phenoxy) is 1. The summed E-state index contributed by atoms with van der Waals surface area (Å²) in [5.74, 6) is 0.781. The van der Waals surface area contributed by atoms with Crippen molar-refractivity contribution in [1.29, 1.82) is 0 Å². The highest BCUT2D eigenvalue weighted by atomic mass is 35.5. The van der Waals surface area contributed by atoms with E-state index in [2.05, 4.69) is 12.2 Å². The molecule has 1 saturated carbocycles. The maximum absolute atomic E-state index is 12.3. The van der Waals surface area contributed by atoms with Crippen molar-refractivity contribution in [2.45, 2.75) is 38.6 Å². The summed E-state index contributed by atoms with van der Waals surface area (Å²) < 4.78 is 5.08. The molecular formula is C15H19Cl2NO2. The van der Waals surface area contributed by atoms with Gasteiger partial charge in [-0.05, 0) is 30.9 Å². The molecule has 2 atom stereocenters. The Labute approximate surface area is 129 Å². The molecule has 1 aliphatic carbocycles. The summed E-state index contributed by atoms with van der Waals surface area (Å²) in [7, 11) is 1.50. The Morgan fingerprint density at radius 1 is 1.25 bits per heavy atom. The Morgan fingerprint density at radius 2 is 1.85 bits per heavy atom. The fourth-order valence-corrected chi connectivity index (χ4v) is 3.31. The van der Waals surface area contributed by atoms with E-state index in [4.69, 9.17) is 27.9 Å². The molecule has 1 aromatic rings. The van der Waals surface area contributed by atoms with Crippen LogP contribution in [0.4, 0.5) is 0 Å². The molecule has 1 fully saturated rings. The molecule has 0 unspecified atom stereocenters. The van der Waals surface area contributed by atoms with Crippen LogP contribution in [0.1, 0.15) is 43.0 Å². The third-order valence-corrected chi connectivity index (χ3v) is 4.45. The van der Waals surface area contributed by atoms with E-state index in [9.17, 15) is 4.79 Å². The summed E-state index contributed by atoms with van der Waals surface area (Å²) in [6.07, 6.45) is 4.60.